The van der Waals surface area contributed by atoms with Gasteiger partial charge >= 0.3 is 0 Å². The molecule has 0 bridgehead atoms. The number of carbonyl (C=O) groups excluding carboxylic acids is 1. The number of ether oxygens (including phenoxy) is 1. The molecule has 0 aromatic heterocycles. The van der Waals surface area contributed by atoms with Crippen molar-refractivity contribution < 1.29 is 9.53 Å². The van der Waals surface area contributed by atoms with Gasteiger partial charge in [-0.3, -0.25) is 4.79 Å². The summed E-state index contributed by atoms with van der Waals surface area (Å²) in [7, 11) is 2.17. The molecular weight excluding hydrogens is 288 g/mol. The van der Waals surface area contributed by atoms with E-state index in [9.17, 15) is 4.79 Å². The molecule has 0 spiro atoms. The zero-order chi connectivity index (χ0) is 16.1. The van der Waals surface area contributed by atoms with Crippen molar-refractivity contribution >= 4 is 5.91 Å². The monoisotopic (exact) mass is 316 g/mol. The number of nitrogens with zero attached hydrogens (tertiary/aromatic N) is 2. The number of hydrogen-bond donors (Lipinski definition) is 0. The Bertz CT molecular complexity index is 532. The van der Waals surface area contributed by atoms with Crippen LogP contribution in [0.1, 0.15) is 31.2 Å². The van der Waals surface area contributed by atoms with Crippen LogP contribution in [-0.2, 0) is 11.2 Å². The Hall–Kier alpha value is -1.55. The molecule has 1 unspecified atom stereocenters. The predicted molar refractivity (Wildman–Crippen MR) is 91.7 cm³/mol. The van der Waals surface area contributed by atoms with Gasteiger partial charge in [-0.05, 0) is 50.3 Å². The zero-order valence-electron chi connectivity index (χ0n) is 14.2. The van der Waals surface area contributed by atoms with Crippen LogP contribution in [0, 0.1) is 5.92 Å². The van der Waals surface area contributed by atoms with Gasteiger partial charge in [-0.1, -0.05) is 18.2 Å². The molecular formula is C19H28N2O2. The molecule has 2 aliphatic heterocycles. The molecule has 2 heterocycles. The van der Waals surface area contributed by atoms with E-state index in [0.717, 1.165) is 70.6 Å². The number of carbonyl (C=O) groups is 1. The maximum atomic E-state index is 11.9. The van der Waals surface area contributed by atoms with E-state index in [1.54, 1.807) is 0 Å². The molecule has 1 aromatic carbocycles. The second-order valence-electron chi connectivity index (χ2n) is 6.92. The van der Waals surface area contributed by atoms with Crippen LogP contribution >= 0.6 is 0 Å². The van der Waals surface area contributed by atoms with Crippen molar-refractivity contribution in [2.45, 2.75) is 32.1 Å². The van der Waals surface area contributed by atoms with Gasteiger partial charge in [0.2, 0.25) is 5.91 Å². The van der Waals surface area contributed by atoms with E-state index in [-0.39, 0.29) is 0 Å². The number of piperidine rings is 1. The minimum absolute atomic E-state index is 0.335. The first-order valence-corrected chi connectivity index (χ1v) is 8.89. The summed E-state index contributed by atoms with van der Waals surface area (Å²) in [5, 5.41) is 0. The molecule has 126 valence electrons. The van der Waals surface area contributed by atoms with Crippen molar-refractivity contribution in [3.63, 3.8) is 0 Å². The van der Waals surface area contributed by atoms with Crippen LogP contribution in [0.2, 0.25) is 0 Å². The number of likely N-dealkylation sites (tertiary alicyclic amines) is 1. The topological polar surface area (TPSA) is 32.8 Å². The summed E-state index contributed by atoms with van der Waals surface area (Å²) in [4.78, 5) is 16.3. The molecule has 1 amide bonds. The number of para-hydroxylation sites is 1. The fraction of sp³-hybridized carbons (Fsp3) is 0.632. The van der Waals surface area contributed by atoms with Gasteiger partial charge in [0.15, 0.2) is 0 Å². The molecule has 1 saturated heterocycles. The number of rotatable bonds is 5. The summed E-state index contributed by atoms with van der Waals surface area (Å²) in [5.41, 5.74) is 1.33. The Morgan fingerprint density at radius 2 is 2.17 bits per heavy atom. The van der Waals surface area contributed by atoms with Crippen molar-refractivity contribution in [2.75, 3.05) is 39.8 Å². The Morgan fingerprint density at radius 3 is 3.04 bits per heavy atom. The second-order valence-corrected chi connectivity index (χ2v) is 6.92. The Labute approximate surface area is 139 Å². The van der Waals surface area contributed by atoms with Gasteiger partial charge in [0.05, 0.1) is 6.61 Å². The van der Waals surface area contributed by atoms with Gasteiger partial charge in [-0.25, -0.2) is 0 Å². The van der Waals surface area contributed by atoms with E-state index < -0.39 is 0 Å². The van der Waals surface area contributed by atoms with Crippen molar-refractivity contribution in [2.24, 2.45) is 5.92 Å². The number of benzene rings is 1. The highest BCUT2D eigenvalue weighted by Crippen LogP contribution is 2.26. The molecule has 0 radical (unpaired) electrons. The third kappa shape index (κ3) is 4.47. The molecule has 2 aliphatic rings. The number of hydrogen-bond acceptors (Lipinski definition) is 3. The summed E-state index contributed by atoms with van der Waals surface area (Å²) >= 11 is 0. The van der Waals surface area contributed by atoms with Crippen LogP contribution in [-0.4, -0.2) is 55.5 Å². The van der Waals surface area contributed by atoms with E-state index in [4.69, 9.17) is 4.74 Å². The highest BCUT2D eigenvalue weighted by Gasteiger charge is 2.21. The summed E-state index contributed by atoms with van der Waals surface area (Å²) in [6, 6.07) is 8.39. The van der Waals surface area contributed by atoms with Crippen LogP contribution in [0.3, 0.4) is 0 Å². The van der Waals surface area contributed by atoms with Gasteiger partial charge in [0.25, 0.3) is 0 Å². The minimum Gasteiger partial charge on any atom is -0.493 e. The van der Waals surface area contributed by atoms with Crippen LogP contribution < -0.4 is 4.74 Å². The van der Waals surface area contributed by atoms with E-state index in [1.807, 2.05) is 11.0 Å². The van der Waals surface area contributed by atoms with Gasteiger partial charge in [-0.2, -0.15) is 0 Å². The van der Waals surface area contributed by atoms with E-state index in [2.05, 4.69) is 30.1 Å². The summed E-state index contributed by atoms with van der Waals surface area (Å²) < 4.78 is 5.86. The van der Waals surface area contributed by atoms with E-state index in [1.165, 1.54) is 5.56 Å². The third-order valence-electron chi connectivity index (χ3n) is 5.01. The van der Waals surface area contributed by atoms with Crippen molar-refractivity contribution in [1.82, 2.24) is 9.80 Å². The van der Waals surface area contributed by atoms with Crippen LogP contribution in [0.4, 0.5) is 0 Å². The molecule has 0 N–H and O–H groups in total. The van der Waals surface area contributed by atoms with Gasteiger partial charge in [-0.15, -0.1) is 0 Å². The SMILES string of the molecule is CN(CCN1CCCCC1=O)CC1CCOc2ccccc2C1. The first-order valence-electron chi connectivity index (χ1n) is 8.89. The maximum Gasteiger partial charge on any atom is 0.222 e. The molecule has 0 aliphatic carbocycles. The summed E-state index contributed by atoms with van der Waals surface area (Å²) in [5.74, 6) is 2.01. The fourth-order valence-corrected chi connectivity index (χ4v) is 3.64. The number of amides is 1. The molecule has 23 heavy (non-hydrogen) atoms. The molecule has 1 aromatic rings. The number of likely N-dealkylation sites (N-methyl/N-ethyl adjacent to an activating group) is 1. The van der Waals surface area contributed by atoms with Crippen molar-refractivity contribution in [3.05, 3.63) is 29.8 Å². The average Bonchev–Trinajstić information content (AvgIpc) is 2.75. The fourth-order valence-electron chi connectivity index (χ4n) is 3.64. The summed E-state index contributed by atoms with van der Waals surface area (Å²) in [6.45, 7) is 4.65. The first kappa shape index (κ1) is 16.3. The molecule has 1 fully saturated rings. The molecule has 4 heteroatoms. The second kappa shape index (κ2) is 7.82. The third-order valence-corrected chi connectivity index (χ3v) is 5.01. The molecule has 0 saturated carbocycles. The largest absolute Gasteiger partial charge is 0.493 e. The maximum absolute atomic E-state index is 11.9. The van der Waals surface area contributed by atoms with Crippen LogP contribution in [0.5, 0.6) is 5.75 Å². The van der Waals surface area contributed by atoms with E-state index in [0.29, 0.717) is 11.8 Å². The lowest BCUT2D eigenvalue weighted by molar-refractivity contribution is -0.133. The Kier molecular flexibility index (Phi) is 5.55. The van der Waals surface area contributed by atoms with E-state index >= 15 is 0 Å². The average molecular weight is 316 g/mol. The standard InChI is InChI=1S/C19H28N2O2/c1-20(11-12-21-10-5-4-8-19(21)22)15-16-9-13-23-18-7-3-2-6-17(18)14-16/h2-3,6-7,16H,4-5,8-15H2,1H3. The van der Waals surface area contributed by atoms with Crippen molar-refractivity contribution in [3.8, 4) is 5.75 Å². The molecule has 3 rings (SSSR count). The summed E-state index contributed by atoms with van der Waals surface area (Å²) in [6.07, 6.45) is 5.14. The quantitative estimate of drug-likeness (QED) is 0.837. The van der Waals surface area contributed by atoms with Gasteiger partial charge in [0.1, 0.15) is 5.75 Å². The predicted octanol–water partition coefficient (Wildman–Crippen LogP) is 2.57. The van der Waals surface area contributed by atoms with Crippen LogP contribution in [0.15, 0.2) is 24.3 Å². The van der Waals surface area contributed by atoms with Gasteiger partial charge < -0.3 is 14.5 Å². The lowest BCUT2D eigenvalue weighted by Gasteiger charge is -2.30. The minimum atomic E-state index is 0.335. The number of fused-ring (bicyclic) bond motifs is 1. The Balaban J connectivity index is 1.48. The van der Waals surface area contributed by atoms with Gasteiger partial charge in [0, 0.05) is 32.6 Å². The normalized spacial score (nSPS) is 21.7. The molecule has 4 nitrogen and oxygen atoms in total. The van der Waals surface area contributed by atoms with Crippen LogP contribution in [0.25, 0.3) is 0 Å². The zero-order valence-corrected chi connectivity index (χ0v) is 14.2. The highest BCUT2D eigenvalue weighted by molar-refractivity contribution is 5.76. The highest BCUT2D eigenvalue weighted by atomic mass is 16.5. The lowest BCUT2D eigenvalue weighted by Crippen LogP contribution is -2.41. The first-order chi connectivity index (χ1) is 11.2. The molecule has 1 atom stereocenters. The lowest BCUT2D eigenvalue weighted by atomic mass is 9.96. The smallest absolute Gasteiger partial charge is 0.222 e. The Morgan fingerprint density at radius 1 is 1.30 bits per heavy atom. The van der Waals surface area contributed by atoms with Crippen molar-refractivity contribution in [1.29, 1.82) is 0 Å².